The van der Waals surface area contributed by atoms with Crippen LogP contribution < -0.4 is 5.32 Å². The number of carboxylic acid groups (broad SMARTS) is 1. The Kier molecular flexibility index (Phi) is 4.92. The zero-order chi connectivity index (χ0) is 13.8. The molecule has 0 aromatic carbocycles. The fourth-order valence-electron chi connectivity index (χ4n) is 1.94. The van der Waals surface area contributed by atoms with Crippen LogP contribution in [0, 0.1) is 0 Å². The first-order valence-electron chi connectivity index (χ1n) is 5.98. The molecule has 2 unspecified atom stereocenters. The predicted molar refractivity (Wildman–Crippen MR) is 63.1 cm³/mol. The van der Waals surface area contributed by atoms with E-state index < -0.39 is 17.7 Å². The van der Waals surface area contributed by atoms with E-state index in [1.807, 2.05) is 0 Å². The van der Waals surface area contributed by atoms with Crippen molar-refractivity contribution >= 4 is 12.0 Å². The van der Waals surface area contributed by atoms with Gasteiger partial charge in [0.15, 0.2) is 6.10 Å². The molecule has 0 radical (unpaired) electrons. The van der Waals surface area contributed by atoms with Crippen LogP contribution in [-0.4, -0.2) is 63.6 Å². The highest BCUT2D eigenvalue weighted by Crippen LogP contribution is 2.19. The van der Waals surface area contributed by atoms with Crippen molar-refractivity contribution < 1.29 is 24.9 Å². The summed E-state index contributed by atoms with van der Waals surface area (Å²) in [6, 6.07) is -0.340. The second-order valence-electron chi connectivity index (χ2n) is 4.90. The number of aliphatic carboxylic acids is 1. The molecule has 1 aliphatic heterocycles. The number of rotatable bonds is 4. The van der Waals surface area contributed by atoms with Gasteiger partial charge in [0.25, 0.3) is 0 Å². The van der Waals surface area contributed by atoms with Crippen LogP contribution in [0.15, 0.2) is 0 Å². The third kappa shape index (κ3) is 4.50. The summed E-state index contributed by atoms with van der Waals surface area (Å²) in [5.74, 6) is -1.30. The summed E-state index contributed by atoms with van der Waals surface area (Å²) < 4.78 is 0. The van der Waals surface area contributed by atoms with Gasteiger partial charge in [0, 0.05) is 19.5 Å². The molecule has 0 saturated carbocycles. The number of carbonyl (C=O) groups excluding carboxylic acids is 1. The Hall–Kier alpha value is -1.34. The Morgan fingerprint density at radius 2 is 2.17 bits per heavy atom. The van der Waals surface area contributed by atoms with Crippen LogP contribution in [0.2, 0.25) is 0 Å². The van der Waals surface area contributed by atoms with E-state index in [0.29, 0.717) is 13.0 Å². The topological polar surface area (TPSA) is 110 Å². The number of piperidine rings is 1. The molecule has 2 amide bonds. The van der Waals surface area contributed by atoms with Gasteiger partial charge >= 0.3 is 12.0 Å². The quantitative estimate of drug-likeness (QED) is 0.538. The predicted octanol–water partition coefficient (Wildman–Crippen LogP) is -0.622. The summed E-state index contributed by atoms with van der Waals surface area (Å²) in [7, 11) is 0. The molecule has 1 aliphatic rings. The van der Waals surface area contributed by atoms with E-state index in [4.69, 9.17) is 10.2 Å². The molecule has 0 bridgehead atoms. The van der Waals surface area contributed by atoms with Crippen molar-refractivity contribution in [2.45, 2.75) is 37.9 Å². The van der Waals surface area contributed by atoms with Crippen molar-refractivity contribution in [2.75, 3.05) is 19.6 Å². The first kappa shape index (κ1) is 14.7. The Morgan fingerprint density at radius 1 is 1.50 bits per heavy atom. The molecule has 0 spiro atoms. The van der Waals surface area contributed by atoms with E-state index in [-0.39, 0.29) is 25.5 Å². The van der Waals surface area contributed by atoms with Gasteiger partial charge in [-0.3, -0.25) is 0 Å². The number of likely N-dealkylation sites (tertiary alicyclic amines) is 1. The molecular weight excluding hydrogens is 240 g/mol. The van der Waals surface area contributed by atoms with Gasteiger partial charge in [-0.15, -0.1) is 0 Å². The first-order chi connectivity index (χ1) is 8.32. The van der Waals surface area contributed by atoms with Gasteiger partial charge in [-0.05, 0) is 19.8 Å². The van der Waals surface area contributed by atoms with E-state index in [9.17, 15) is 14.7 Å². The molecule has 7 nitrogen and oxygen atoms in total. The highest BCUT2D eigenvalue weighted by Gasteiger charge is 2.30. The molecule has 2 atom stereocenters. The maximum atomic E-state index is 11.7. The minimum atomic E-state index is -1.46. The number of hydrogen-bond acceptors (Lipinski definition) is 4. The Morgan fingerprint density at radius 3 is 2.72 bits per heavy atom. The van der Waals surface area contributed by atoms with Crippen LogP contribution in [-0.2, 0) is 4.79 Å². The molecule has 0 aromatic heterocycles. The lowest BCUT2D eigenvalue weighted by Crippen LogP contribution is -2.52. The molecule has 0 aliphatic carbocycles. The summed E-state index contributed by atoms with van der Waals surface area (Å²) in [6.45, 7) is 2.61. The van der Waals surface area contributed by atoms with Crippen molar-refractivity contribution in [3.05, 3.63) is 0 Å². The highest BCUT2D eigenvalue weighted by molar-refractivity contribution is 5.75. The summed E-state index contributed by atoms with van der Waals surface area (Å²) in [6.07, 6.45) is -0.104. The number of aliphatic hydroxyl groups excluding tert-OH is 1. The van der Waals surface area contributed by atoms with Crippen LogP contribution in [0.3, 0.4) is 0 Å². The fourth-order valence-corrected chi connectivity index (χ4v) is 1.94. The van der Waals surface area contributed by atoms with E-state index in [1.54, 1.807) is 6.92 Å². The van der Waals surface area contributed by atoms with Crippen LogP contribution in [0.5, 0.6) is 0 Å². The van der Waals surface area contributed by atoms with Gasteiger partial charge in [-0.2, -0.15) is 0 Å². The number of β-amino-alcohol motifs (C(OH)–C–C–N with tert-alkyl or cyclic N) is 1. The van der Waals surface area contributed by atoms with Crippen molar-refractivity contribution in [3.8, 4) is 0 Å². The smallest absolute Gasteiger partial charge is 0.332 e. The minimum absolute atomic E-state index is 0.0364. The number of nitrogens with one attached hydrogen (secondary N) is 1. The van der Waals surface area contributed by atoms with Crippen molar-refractivity contribution in [2.24, 2.45) is 0 Å². The molecule has 7 heteroatoms. The maximum Gasteiger partial charge on any atom is 0.332 e. The molecular formula is C11H20N2O5. The molecule has 4 N–H and O–H groups in total. The summed E-state index contributed by atoms with van der Waals surface area (Å²) in [4.78, 5) is 23.6. The Bertz CT molecular complexity index is 319. The number of hydrogen-bond donors (Lipinski definition) is 4. The number of urea groups is 1. The molecule has 0 aromatic rings. The lowest BCUT2D eigenvalue weighted by Gasteiger charge is -2.36. The summed E-state index contributed by atoms with van der Waals surface area (Å²) in [5.41, 5.74) is -0.865. The summed E-state index contributed by atoms with van der Waals surface area (Å²) >= 11 is 0. The lowest BCUT2D eigenvalue weighted by molar-refractivity contribution is -0.146. The van der Waals surface area contributed by atoms with Crippen LogP contribution in [0.25, 0.3) is 0 Å². The van der Waals surface area contributed by atoms with Crippen LogP contribution in [0.4, 0.5) is 4.79 Å². The van der Waals surface area contributed by atoms with Gasteiger partial charge in [0.2, 0.25) is 0 Å². The zero-order valence-electron chi connectivity index (χ0n) is 10.4. The Balaban J connectivity index is 2.30. The Labute approximate surface area is 105 Å². The maximum absolute atomic E-state index is 11.7. The van der Waals surface area contributed by atoms with E-state index >= 15 is 0 Å². The highest BCUT2D eigenvalue weighted by atomic mass is 16.4. The van der Waals surface area contributed by atoms with E-state index in [1.165, 1.54) is 4.90 Å². The molecule has 1 fully saturated rings. The number of carboxylic acids is 1. The van der Waals surface area contributed by atoms with Crippen molar-refractivity contribution in [1.82, 2.24) is 10.2 Å². The average Bonchev–Trinajstić information content (AvgIpc) is 2.27. The number of nitrogens with zero attached hydrogens (tertiary/aromatic N) is 1. The van der Waals surface area contributed by atoms with Crippen molar-refractivity contribution in [1.29, 1.82) is 0 Å². The monoisotopic (exact) mass is 260 g/mol. The zero-order valence-corrected chi connectivity index (χ0v) is 10.4. The standard InChI is InChI=1S/C11H20N2O5/c1-11(18)4-2-6-13(7-11)10(17)12-5-3-8(14)9(15)16/h8,14,18H,2-7H2,1H3,(H,12,17)(H,15,16). The van der Waals surface area contributed by atoms with E-state index in [2.05, 4.69) is 5.32 Å². The summed E-state index contributed by atoms with van der Waals surface area (Å²) in [5, 5.41) is 29.9. The second kappa shape index (κ2) is 6.01. The van der Waals surface area contributed by atoms with Gasteiger partial charge in [0.05, 0.1) is 12.1 Å². The lowest BCUT2D eigenvalue weighted by atomic mass is 9.95. The van der Waals surface area contributed by atoms with Gasteiger partial charge < -0.3 is 25.5 Å². The number of amides is 2. The normalized spacial score (nSPS) is 25.6. The third-order valence-corrected chi connectivity index (χ3v) is 2.94. The van der Waals surface area contributed by atoms with Crippen LogP contribution in [0.1, 0.15) is 26.2 Å². The molecule has 18 heavy (non-hydrogen) atoms. The second-order valence-corrected chi connectivity index (χ2v) is 4.90. The third-order valence-electron chi connectivity index (χ3n) is 2.94. The molecule has 1 rings (SSSR count). The molecule has 1 saturated heterocycles. The number of carbonyl (C=O) groups is 2. The van der Waals surface area contributed by atoms with Gasteiger partial charge in [0.1, 0.15) is 0 Å². The molecule has 1 heterocycles. The number of aliphatic hydroxyl groups is 2. The van der Waals surface area contributed by atoms with Crippen molar-refractivity contribution in [3.63, 3.8) is 0 Å². The van der Waals surface area contributed by atoms with Gasteiger partial charge in [-0.25, -0.2) is 9.59 Å². The van der Waals surface area contributed by atoms with E-state index in [0.717, 1.165) is 6.42 Å². The largest absolute Gasteiger partial charge is 0.479 e. The van der Waals surface area contributed by atoms with Gasteiger partial charge in [-0.1, -0.05) is 0 Å². The fraction of sp³-hybridized carbons (Fsp3) is 0.818. The average molecular weight is 260 g/mol. The first-order valence-corrected chi connectivity index (χ1v) is 5.98. The molecule has 104 valence electrons. The SMILES string of the molecule is CC1(O)CCCN(C(=O)NCCC(O)C(=O)O)C1. The van der Waals surface area contributed by atoms with Crippen LogP contribution >= 0.6 is 0 Å². The minimum Gasteiger partial charge on any atom is -0.479 e.